The molecule has 25 heavy (non-hydrogen) atoms. The number of aliphatic hydroxyl groups is 1. The van der Waals surface area contributed by atoms with E-state index < -0.39 is 10.0 Å². The van der Waals surface area contributed by atoms with Gasteiger partial charge in [0.15, 0.2) is 5.78 Å². The van der Waals surface area contributed by atoms with Crippen LogP contribution in [-0.4, -0.2) is 23.3 Å². The van der Waals surface area contributed by atoms with E-state index in [-0.39, 0.29) is 22.0 Å². The number of fused-ring (bicyclic) bond motifs is 1. The normalized spacial score (nSPS) is 12.5. The van der Waals surface area contributed by atoms with E-state index in [1.165, 1.54) is 25.3 Å². The number of aromatic nitrogens is 1. The zero-order valence-electron chi connectivity index (χ0n) is 13.2. The van der Waals surface area contributed by atoms with Gasteiger partial charge in [-0.2, -0.15) is 0 Å². The molecule has 0 fully saturated rings. The summed E-state index contributed by atoms with van der Waals surface area (Å²) < 4.78 is 27.0. The van der Waals surface area contributed by atoms with Crippen molar-refractivity contribution in [2.75, 3.05) is 0 Å². The molecule has 1 N–H and O–H groups in total. The summed E-state index contributed by atoms with van der Waals surface area (Å²) in [6.45, 7) is 1.29. The zero-order valence-corrected chi connectivity index (χ0v) is 14.8. The number of aliphatic hydroxyl groups excluding tert-OH is 1. The van der Waals surface area contributed by atoms with Crippen molar-refractivity contribution in [1.82, 2.24) is 3.97 Å². The molecule has 0 saturated heterocycles. The molecule has 7 heteroatoms. The Kier molecular flexibility index (Phi) is 4.41. The molecule has 0 atom stereocenters. The molecule has 0 unspecified atom stereocenters. The highest BCUT2D eigenvalue weighted by atomic mass is 35.5. The number of hydrogen-bond donors (Lipinski definition) is 1. The summed E-state index contributed by atoms with van der Waals surface area (Å²) >= 11 is 6.01. The summed E-state index contributed by atoms with van der Waals surface area (Å²) in [5.74, 6) is -0.673. The molecule has 0 amide bonds. The molecule has 0 bridgehead atoms. The van der Waals surface area contributed by atoms with Crippen molar-refractivity contribution in [2.24, 2.45) is 0 Å². The molecule has 2 aromatic carbocycles. The Bertz CT molecular complexity index is 1100. The van der Waals surface area contributed by atoms with Crippen LogP contribution < -0.4 is 0 Å². The van der Waals surface area contributed by atoms with Gasteiger partial charge in [-0.05, 0) is 37.3 Å². The Morgan fingerprint density at radius 2 is 1.84 bits per heavy atom. The van der Waals surface area contributed by atoms with Crippen molar-refractivity contribution < 1.29 is 18.3 Å². The zero-order chi connectivity index (χ0) is 18.2. The molecule has 1 heterocycles. The Morgan fingerprint density at radius 1 is 1.16 bits per heavy atom. The number of ketones is 1. The molecule has 3 aromatic rings. The maximum absolute atomic E-state index is 13.0. The molecule has 1 aromatic heterocycles. The van der Waals surface area contributed by atoms with E-state index >= 15 is 0 Å². The number of halogens is 1. The van der Waals surface area contributed by atoms with E-state index in [0.29, 0.717) is 15.9 Å². The summed E-state index contributed by atoms with van der Waals surface area (Å²) in [6, 6.07) is 12.6. The lowest BCUT2D eigenvalue weighted by molar-refractivity contribution is -0.112. The number of rotatable bonds is 4. The van der Waals surface area contributed by atoms with Gasteiger partial charge in [-0.25, -0.2) is 12.4 Å². The molecule has 128 valence electrons. The third kappa shape index (κ3) is 3.18. The molecular weight excluding hydrogens is 362 g/mol. The monoisotopic (exact) mass is 375 g/mol. The van der Waals surface area contributed by atoms with Crippen LogP contribution in [0.3, 0.4) is 0 Å². The van der Waals surface area contributed by atoms with Gasteiger partial charge in [-0.3, -0.25) is 4.79 Å². The average molecular weight is 376 g/mol. The number of allylic oxidation sites excluding steroid dienone is 1. The summed E-state index contributed by atoms with van der Waals surface area (Å²) in [6.07, 6.45) is 2.33. The maximum atomic E-state index is 13.0. The lowest BCUT2D eigenvalue weighted by Gasteiger charge is -2.07. The highest BCUT2D eigenvalue weighted by Gasteiger charge is 2.22. The molecule has 0 aliphatic heterocycles. The van der Waals surface area contributed by atoms with Crippen LogP contribution in [0.25, 0.3) is 16.7 Å². The van der Waals surface area contributed by atoms with Crippen LogP contribution in [0.5, 0.6) is 0 Å². The molecule has 3 rings (SSSR count). The largest absolute Gasteiger partial charge is 0.507 e. The minimum Gasteiger partial charge on any atom is -0.507 e. The molecule has 0 saturated carbocycles. The fraction of sp³-hybridized carbons (Fsp3) is 0.0556. The van der Waals surface area contributed by atoms with Crippen LogP contribution in [0.15, 0.2) is 65.7 Å². The average Bonchev–Trinajstić information content (AvgIpc) is 2.94. The van der Waals surface area contributed by atoms with Crippen molar-refractivity contribution >= 4 is 44.1 Å². The van der Waals surface area contributed by atoms with Crippen molar-refractivity contribution in [3.8, 4) is 0 Å². The number of hydrogen-bond acceptors (Lipinski definition) is 4. The predicted molar refractivity (Wildman–Crippen MR) is 97.3 cm³/mol. The summed E-state index contributed by atoms with van der Waals surface area (Å²) in [7, 11) is -3.87. The standard InChI is InChI=1S/C18H14ClNO4S/c1-12(21)9-18(22)16-11-20(17-8-7-13(19)10-15(16)17)25(23,24)14-5-3-2-4-6-14/h2-11,22H,1H3. The molecular formula is C18H14ClNO4S. The highest BCUT2D eigenvalue weighted by Crippen LogP contribution is 2.31. The van der Waals surface area contributed by atoms with Crippen LogP contribution in [0.2, 0.25) is 5.02 Å². The first kappa shape index (κ1) is 17.3. The maximum Gasteiger partial charge on any atom is 0.268 e. The van der Waals surface area contributed by atoms with Crippen molar-refractivity contribution in [3.63, 3.8) is 0 Å². The minimum atomic E-state index is -3.87. The van der Waals surface area contributed by atoms with Crippen LogP contribution in [0.4, 0.5) is 0 Å². The van der Waals surface area contributed by atoms with Gasteiger partial charge < -0.3 is 5.11 Å². The van der Waals surface area contributed by atoms with Gasteiger partial charge in [0.25, 0.3) is 10.0 Å². The van der Waals surface area contributed by atoms with Gasteiger partial charge in [0.1, 0.15) is 5.76 Å². The number of nitrogens with zero attached hydrogens (tertiary/aromatic N) is 1. The number of carbonyl (C=O) groups excluding carboxylic acids is 1. The second-order valence-corrected chi connectivity index (χ2v) is 7.71. The van der Waals surface area contributed by atoms with Crippen molar-refractivity contribution in [1.29, 1.82) is 0 Å². The first-order chi connectivity index (χ1) is 11.8. The Hall–Kier alpha value is -2.57. The van der Waals surface area contributed by atoms with E-state index in [9.17, 15) is 18.3 Å². The molecule has 0 spiro atoms. The fourth-order valence-corrected chi connectivity index (χ4v) is 4.11. The van der Waals surface area contributed by atoms with Gasteiger partial charge in [0.2, 0.25) is 0 Å². The Labute approximate surface area is 149 Å². The Balaban J connectivity index is 2.33. The first-order valence-electron chi connectivity index (χ1n) is 7.33. The van der Waals surface area contributed by atoms with Crippen LogP contribution in [0.1, 0.15) is 12.5 Å². The molecule has 5 nitrogen and oxygen atoms in total. The van der Waals surface area contributed by atoms with Gasteiger partial charge in [0, 0.05) is 28.2 Å². The van der Waals surface area contributed by atoms with Gasteiger partial charge in [0.05, 0.1) is 10.4 Å². The third-order valence-electron chi connectivity index (χ3n) is 3.65. The molecule has 0 radical (unpaired) electrons. The van der Waals surface area contributed by atoms with Crippen molar-refractivity contribution in [2.45, 2.75) is 11.8 Å². The van der Waals surface area contributed by atoms with Crippen molar-refractivity contribution in [3.05, 3.63) is 71.4 Å². The lowest BCUT2D eigenvalue weighted by atomic mass is 10.1. The molecule has 0 aliphatic carbocycles. The van der Waals surface area contributed by atoms with Gasteiger partial charge in [-0.15, -0.1) is 0 Å². The van der Waals surface area contributed by atoms with Crippen LogP contribution in [0, 0.1) is 0 Å². The van der Waals surface area contributed by atoms with E-state index in [4.69, 9.17) is 11.6 Å². The minimum absolute atomic E-state index is 0.114. The second-order valence-electron chi connectivity index (χ2n) is 5.46. The van der Waals surface area contributed by atoms with E-state index in [0.717, 1.165) is 10.0 Å². The quantitative estimate of drug-likeness (QED) is 0.552. The van der Waals surface area contributed by atoms with E-state index in [2.05, 4.69) is 0 Å². The second kappa shape index (κ2) is 6.38. The van der Waals surface area contributed by atoms with E-state index in [1.54, 1.807) is 36.4 Å². The van der Waals surface area contributed by atoms with Gasteiger partial charge in [-0.1, -0.05) is 29.8 Å². The lowest BCUT2D eigenvalue weighted by Crippen LogP contribution is -2.11. The van der Waals surface area contributed by atoms with Crippen LogP contribution in [-0.2, 0) is 14.8 Å². The Morgan fingerprint density at radius 3 is 2.48 bits per heavy atom. The predicted octanol–water partition coefficient (Wildman–Crippen LogP) is 4.02. The van der Waals surface area contributed by atoms with E-state index in [1.807, 2.05) is 0 Å². The SMILES string of the molecule is CC(=O)C=C(O)c1cn(S(=O)(=O)c2ccccc2)c2ccc(Cl)cc12. The number of carbonyl (C=O) groups is 1. The smallest absolute Gasteiger partial charge is 0.268 e. The summed E-state index contributed by atoms with van der Waals surface area (Å²) in [5, 5.41) is 11.0. The summed E-state index contributed by atoms with van der Waals surface area (Å²) in [4.78, 5) is 11.4. The van der Waals surface area contributed by atoms with Crippen LogP contribution >= 0.6 is 11.6 Å². The van der Waals surface area contributed by atoms with Gasteiger partial charge >= 0.3 is 0 Å². The third-order valence-corrected chi connectivity index (χ3v) is 5.57. The first-order valence-corrected chi connectivity index (χ1v) is 9.15. The topological polar surface area (TPSA) is 76.4 Å². The number of benzene rings is 2. The highest BCUT2D eigenvalue weighted by molar-refractivity contribution is 7.90. The fourth-order valence-electron chi connectivity index (χ4n) is 2.55. The summed E-state index contributed by atoms with van der Waals surface area (Å²) in [5.41, 5.74) is 0.568. The molecule has 0 aliphatic rings.